The van der Waals surface area contributed by atoms with E-state index >= 15 is 0 Å². The highest BCUT2D eigenvalue weighted by Crippen LogP contribution is 2.23. The maximum Gasteiger partial charge on any atom is 0.411 e. The summed E-state index contributed by atoms with van der Waals surface area (Å²) in [6.45, 7) is 3.12. The number of nitrogens with zero attached hydrogens (tertiary/aromatic N) is 1. The molecule has 6 nitrogen and oxygen atoms in total. The average Bonchev–Trinajstić information content (AvgIpc) is 2.32. The van der Waals surface area contributed by atoms with Gasteiger partial charge in [-0.3, -0.25) is 10.1 Å². The maximum absolute atomic E-state index is 11.5. The molecule has 0 aromatic heterocycles. The van der Waals surface area contributed by atoms with Gasteiger partial charge in [-0.15, -0.1) is 0 Å². The standard InChI is InChI=1S/C12H13BrN2O4/c1-3-19-12(16)11(15(17)18)8(2)14-10-7-5-4-6-9(10)13/h4-7,14H,3H2,1-2H3/b11-8+. The minimum atomic E-state index is -0.954. The van der Waals surface area contributed by atoms with Gasteiger partial charge in [0.05, 0.1) is 22.9 Å². The number of nitrogens with one attached hydrogen (secondary N) is 1. The van der Waals surface area contributed by atoms with Gasteiger partial charge in [0.15, 0.2) is 0 Å². The summed E-state index contributed by atoms with van der Waals surface area (Å²) in [4.78, 5) is 21.7. The second kappa shape index (κ2) is 6.89. The average molecular weight is 329 g/mol. The third-order valence-corrected chi connectivity index (χ3v) is 2.89. The first-order chi connectivity index (χ1) is 8.97. The minimum absolute atomic E-state index is 0.0818. The number of nitro groups is 1. The van der Waals surface area contributed by atoms with E-state index in [9.17, 15) is 14.9 Å². The van der Waals surface area contributed by atoms with Crippen molar-refractivity contribution >= 4 is 27.6 Å². The summed E-state index contributed by atoms with van der Waals surface area (Å²) in [5.74, 6) is -0.954. The van der Waals surface area contributed by atoms with Crippen molar-refractivity contribution in [1.82, 2.24) is 0 Å². The molecular formula is C12H13BrN2O4. The van der Waals surface area contributed by atoms with Crippen molar-refractivity contribution < 1.29 is 14.5 Å². The van der Waals surface area contributed by atoms with E-state index in [4.69, 9.17) is 0 Å². The highest BCUT2D eigenvalue weighted by atomic mass is 79.9. The van der Waals surface area contributed by atoms with Crippen LogP contribution < -0.4 is 5.32 Å². The predicted molar refractivity (Wildman–Crippen MR) is 74.1 cm³/mol. The monoisotopic (exact) mass is 328 g/mol. The van der Waals surface area contributed by atoms with Gasteiger partial charge in [-0.05, 0) is 41.9 Å². The van der Waals surface area contributed by atoms with Gasteiger partial charge in [-0.2, -0.15) is 0 Å². The highest BCUT2D eigenvalue weighted by Gasteiger charge is 2.27. The summed E-state index contributed by atoms with van der Waals surface area (Å²) in [6.07, 6.45) is 0. The largest absolute Gasteiger partial charge is 0.458 e. The van der Waals surface area contributed by atoms with E-state index in [1.165, 1.54) is 6.92 Å². The minimum Gasteiger partial charge on any atom is -0.458 e. The second-order valence-electron chi connectivity index (χ2n) is 3.56. The van der Waals surface area contributed by atoms with E-state index in [2.05, 4.69) is 26.0 Å². The van der Waals surface area contributed by atoms with Crippen LogP contribution in [-0.4, -0.2) is 17.5 Å². The molecule has 0 atom stereocenters. The van der Waals surface area contributed by atoms with E-state index in [0.29, 0.717) is 5.69 Å². The third-order valence-electron chi connectivity index (χ3n) is 2.20. The Balaban J connectivity index is 3.07. The quantitative estimate of drug-likeness (QED) is 0.389. The van der Waals surface area contributed by atoms with Crippen molar-refractivity contribution in [3.63, 3.8) is 0 Å². The van der Waals surface area contributed by atoms with Crippen LogP contribution in [0.2, 0.25) is 0 Å². The number of carbonyl (C=O) groups is 1. The summed E-state index contributed by atoms with van der Waals surface area (Å²) in [7, 11) is 0. The fourth-order valence-corrected chi connectivity index (χ4v) is 1.77. The maximum atomic E-state index is 11.5. The number of halogens is 1. The lowest BCUT2D eigenvalue weighted by Gasteiger charge is -2.09. The van der Waals surface area contributed by atoms with Crippen molar-refractivity contribution in [3.8, 4) is 0 Å². The molecule has 1 aromatic carbocycles. The lowest BCUT2D eigenvalue weighted by molar-refractivity contribution is -0.422. The second-order valence-corrected chi connectivity index (χ2v) is 4.41. The molecule has 0 aliphatic carbocycles. The van der Waals surface area contributed by atoms with Gasteiger partial charge in [0.25, 0.3) is 0 Å². The zero-order chi connectivity index (χ0) is 14.4. The highest BCUT2D eigenvalue weighted by molar-refractivity contribution is 9.10. The van der Waals surface area contributed by atoms with Crippen molar-refractivity contribution in [1.29, 1.82) is 0 Å². The summed E-state index contributed by atoms with van der Waals surface area (Å²) >= 11 is 3.31. The van der Waals surface area contributed by atoms with E-state index in [1.54, 1.807) is 25.1 Å². The number of hydrogen-bond donors (Lipinski definition) is 1. The van der Waals surface area contributed by atoms with Gasteiger partial charge >= 0.3 is 11.7 Å². The zero-order valence-electron chi connectivity index (χ0n) is 10.5. The summed E-state index contributed by atoms with van der Waals surface area (Å²) < 4.78 is 5.40. The van der Waals surface area contributed by atoms with E-state index in [0.717, 1.165) is 4.47 Å². The van der Waals surface area contributed by atoms with Crippen molar-refractivity contribution in [2.75, 3.05) is 11.9 Å². The number of rotatable bonds is 5. The predicted octanol–water partition coefficient (Wildman–Crippen LogP) is 2.93. The molecule has 0 unspecified atom stereocenters. The van der Waals surface area contributed by atoms with Crippen molar-refractivity contribution in [3.05, 3.63) is 50.2 Å². The molecule has 0 saturated heterocycles. The van der Waals surface area contributed by atoms with E-state index in [1.807, 2.05) is 6.07 Å². The van der Waals surface area contributed by atoms with Crippen LogP contribution in [0.25, 0.3) is 0 Å². The molecule has 0 radical (unpaired) electrons. The molecule has 0 aliphatic rings. The molecule has 0 fully saturated rings. The molecule has 19 heavy (non-hydrogen) atoms. The van der Waals surface area contributed by atoms with Gasteiger partial charge in [0.2, 0.25) is 0 Å². The Morgan fingerprint density at radius 3 is 2.63 bits per heavy atom. The Morgan fingerprint density at radius 2 is 2.11 bits per heavy atom. The number of hydrogen-bond acceptors (Lipinski definition) is 5. The SMILES string of the molecule is CCOC(=O)/C(=C(/C)Nc1ccccc1Br)[N+](=O)[O-]. The summed E-state index contributed by atoms with van der Waals surface area (Å²) in [5.41, 5.74) is 0.150. The normalized spacial score (nSPS) is 11.5. The number of esters is 1. The molecule has 102 valence electrons. The topological polar surface area (TPSA) is 81.5 Å². The molecule has 1 aromatic rings. The Labute approximate surface area is 118 Å². The van der Waals surface area contributed by atoms with Crippen molar-refractivity contribution in [2.24, 2.45) is 0 Å². The molecule has 0 spiro atoms. The van der Waals surface area contributed by atoms with Crippen LogP contribution in [0.4, 0.5) is 5.69 Å². The number of benzene rings is 1. The number of anilines is 1. The molecule has 0 aliphatic heterocycles. The van der Waals surface area contributed by atoms with E-state index in [-0.39, 0.29) is 12.3 Å². The van der Waals surface area contributed by atoms with Crippen LogP contribution in [0.5, 0.6) is 0 Å². The molecule has 0 bridgehead atoms. The van der Waals surface area contributed by atoms with Crippen LogP contribution in [-0.2, 0) is 9.53 Å². The van der Waals surface area contributed by atoms with E-state index < -0.39 is 16.6 Å². The Bertz CT molecular complexity index is 528. The van der Waals surface area contributed by atoms with Crippen LogP contribution in [0.3, 0.4) is 0 Å². The van der Waals surface area contributed by atoms with Crippen LogP contribution in [0, 0.1) is 10.1 Å². The Hall–Kier alpha value is -1.89. The first-order valence-electron chi connectivity index (χ1n) is 5.51. The summed E-state index contributed by atoms with van der Waals surface area (Å²) in [5, 5.41) is 13.7. The number of allylic oxidation sites excluding steroid dienone is 1. The third kappa shape index (κ3) is 4.06. The molecule has 1 rings (SSSR count). The number of ether oxygens (including phenoxy) is 1. The molecule has 1 N–H and O–H groups in total. The Morgan fingerprint density at radius 1 is 1.47 bits per heavy atom. The summed E-state index contributed by atoms with van der Waals surface area (Å²) in [6, 6.07) is 7.10. The first-order valence-corrected chi connectivity index (χ1v) is 6.30. The van der Waals surface area contributed by atoms with Gasteiger partial charge in [0, 0.05) is 4.47 Å². The van der Waals surface area contributed by atoms with Gasteiger partial charge in [-0.25, -0.2) is 4.79 Å². The van der Waals surface area contributed by atoms with Crippen LogP contribution in [0.1, 0.15) is 13.8 Å². The fraction of sp³-hybridized carbons (Fsp3) is 0.250. The van der Waals surface area contributed by atoms with Crippen molar-refractivity contribution in [2.45, 2.75) is 13.8 Å². The molecule has 0 saturated carbocycles. The lowest BCUT2D eigenvalue weighted by Crippen LogP contribution is -2.19. The van der Waals surface area contributed by atoms with Gasteiger partial charge in [0.1, 0.15) is 0 Å². The number of carbonyl (C=O) groups excluding carboxylic acids is 1. The molecule has 0 heterocycles. The lowest BCUT2D eigenvalue weighted by atomic mass is 10.3. The van der Waals surface area contributed by atoms with Crippen LogP contribution >= 0.6 is 15.9 Å². The van der Waals surface area contributed by atoms with Crippen LogP contribution in [0.15, 0.2) is 40.1 Å². The smallest absolute Gasteiger partial charge is 0.411 e. The molecular weight excluding hydrogens is 316 g/mol. The van der Waals surface area contributed by atoms with Gasteiger partial charge in [-0.1, -0.05) is 12.1 Å². The fourth-order valence-electron chi connectivity index (χ4n) is 1.39. The van der Waals surface area contributed by atoms with Gasteiger partial charge < -0.3 is 10.1 Å². The molecule has 7 heteroatoms. The first kappa shape index (κ1) is 15.2. The molecule has 0 amide bonds. The zero-order valence-corrected chi connectivity index (χ0v) is 12.1. The number of para-hydroxylation sites is 1. The Kier molecular flexibility index (Phi) is 5.50.